The van der Waals surface area contributed by atoms with Crippen LogP contribution in [0.4, 0.5) is 0 Å². The Morgan fingerprint density at radius 1 is 1.28 bits per heavy atom. The van der Waals surface area contributed by atoms with Gasteiger partial charge in [-0.3, -0.25) is 0 Å². The van der Waals surface area contributed by atoms with Crippen molar-refractivity contribution in [1.29, 1.82) is 0 Å². The molecular weight excluding hydrogens is 345 g/mol. The van der Waals surface area contributed by atoms with E-state index >= 15 is 0 Å². The van der Waals surface area contributed by atoms with E-state index in [1.807, 2.05) is 18.2 Å². The minimum absolute atomic E-state index is 0.122. The van der Waals surface area contributed by atoms with E-state index < -0.39 is 0 Å². The maximum Gasteiger partial charge on any atom is 0.262 e. The Morgan fingerprint density at radius 3 is 2.94 bits per heavy atom. The average Bonchev–Trinajstić information content (AvgIpc) is 3.00. The fraction of sp³-hybridized carbons (Fsp3) is 0. The summed E-state index contributed by atoms with van der Waals surface area (Å²) in [5.74, 6) is 0.890. The summed E-state index contributed by atoms with van der Waals surface area (Å²) in [5.41, 5.74) is 1.31. The molecule has 3 aromatic rings. The second-order valence-electron chi connectivity index (χ2n) is 3.67. The average molecular weight is 353 g/mol. The van der Waals surface area contributed by atoms with Gasteiger partial charge >= 0.3 is 0 Å². The Labute approximate surface area is 116 Å². The molecule has 18 heavy (non-hydrogen) atoms. The molecule has 0 bridgehead atoms. The lowest BCUT2D eigenvalue weighted by molar-refractivity contribution is 0.425. The predicted molar refractivity (Wildman–Crippen MR) is 73.9 cm³/mol. The van der Waals surface area contributed by atoms with Gasteiger partial charge in [-0.05, 0) is 52.9 Å². The van der Waals surface area contributed by atoms with Gasteiger partial charge in [0.25, 0.3) is 5.89 Å². The van der Waals surface area contributed by atoms with Crippen LogP contribution in [0.1, 0.15) is 0 Å². The first kappa shape index (κ1) is 11.3. The van der Waals surface area contributed by atoms with Gasteiger partial charge in [0, 0.05) is 9.77 Å². The first-order chi connectivity index (χ1) is 8.74. The van der Waals surface area contributed by atoms with Crippen molar-refractivity contribution in [3.63, 3.8) is 0 Å². The molecule has 90 valence electrons. The largest absolute Gasteiger partial charge is 0.507 e. The lowest BCUT2D eigenvalue weighted by Gasteiger charge is -1.99. The zero-order valence-electron chi connectivity index (χ0n) is 9.09. The summed E-state index contributed by atoms with van der Waals surface area (Å²) in [4.78, 5) is 7.25. The number of aromatic nitrogens is 3. The molecule has 0 fully saturated rings. The fourth-order valence-electron chi connectivity index (χ4n) is 1.59. The minimum Gasteiger partial charge on any atom is -0.507 e. The number of halogens is 1. The van der Waals surface area contributed by atoms with Crippen LogP contribution in [-0.4, -0.2) is 20.2 Å². The summed E-state index contributed by atoms with van der Waals surface area (Å²) in [6.45, 7) is 0. The highest BCUT2D eigenvalue weighted by Crippen LogP contribution is 2.30. The van der Waals surface area contributed by atoms with Gasteiger partial charge in [-0.1, -0.05) is 5.16 Å². The molecule has 0 saturated carbocycles. The summed E-state index contributed by atoms with van der Waals surface area (Å²) in [6.07, 6.45) is 1.79. The van der Waals surface area contributed by atoms with Crippen LogP contribution in [0.5, 0.6) is 5.75 Å². The molecule has 0 amide bonds. The van der Waals surface area contributed by atoms with Crippen molar-refractivity contribution < 1.29 is 9.63 Å². The van der Waals surface area contributed by atoms with E-state index in [4.69, 9.17) is 4.52 Å². The molecule has 2 heterocycles. The molecule has 3 rings (SSSR count). The molecule has 0 spiro atoms. The number of benzene rings is 1. The van der Waals surface area contributed by atoms with Crippen molar-refractivity contribution >= 4 is 22.6 Å². The molecule has 0 aliphatic heterocycles. The zero-order chi connectivity index (χ0) is 12.5. The van der Waals surface area contributed by atoms with Crippen LogP contribution in [0, 0.1) is 3.57 Å². The lowest BCUT2D eigenvalue weighted by Crippen LogP contribution is -1.82. The van der Waals surface area contributed by atoms with E-state index in [2.05, 4.69) is 37.7 Å². The number of aromatic amines is 1. The van der Waals surface area contributed by atoms with Crippen LogP contribution >= 0.6 is 22.6 Å². The number of nitrogens with one attached hydrogen (secondary N) is 1. The van der Waals surface area contributed by atoms with Gasteiger partial charge in [0.15, 0.2) is 0 Å². The Bertz CT molecular complexity index is 676. The number of hydrogen-bond acceptors (Lipinski definition) is 4. The first-order valence-corrected chi connectivity index (χ1v) is 6.28. The molecular formula is C12H8IN3O2. The van der Waals surface area contributed by atoms with Gasteiger partial charge in [0.2, 0.25) is 5.82 Å². The van der Waals surface area contributed by atoms with Crippen molar-refractivity contribution in [3.8, 4) is 28.7 Å². The van der Waals surface area contributed by atoms with Gasteiger partial charge in [-0.15, -0.1) is 0 Å². The normalized spacial score (nSPS) is 10.7. The minimum atomic E-state index is 0.122. The van der Waals surface area contributed by atoms with Gasteiger partial charge < -0.3 is 14.6 Å². The second-order valence-corrected chi connectivity index (χ2v) is 4.91. The lowest BCUT2D eigenvalue weighted by atomic mass is 10.2. The first-order valence-electron chi connectivity index (χ1n) is 5.20. The quantitative estimate of drug-likeness (QED) is 0.695. The standard InChI is InChI=1S/C12H8IN3O2/c13-7-3-4-10(17)8(6-7)12-15-11(16-18-12)9-2-1-5-14-9/h1-6,14,17H. The van der Waals surface area contributed by atoms with Crippen molar-refractivity contribution in [2.45, 2.75) is 0 Å². The van der Waals surface area contributed by atoms with Crippen LogP contribution in [0.3, 0.4) is 0 Å². The molecule has 0 atom stereocenters. The van der Waals surface area contributed by atoms with Gasteiger partial charge in [0.1, 0.15) is 5.75 Å². The monoisotopic (exact) mass is 353 g/mol. The molecule has 6 heteroatoms. The third kappa shape index (κ3) is 1.99. The van der Waals surface area contributed by atoms with Gasteiger partial charge in [-0.25, -0.2) is 0 Å². The molecule has 2 aromatic heterocycles. The van der Waals surface area contributed by atoms with Crippen LogP contribution in [-0.2, 0) is 0 Å². The maximum absolute atomic E-state index is 9.79. The predicted octanol–water partition coefficient (Wildman–Crippen LogP) is 3.04. The third-order valence-corrected chi connectivity index (χ3v) is 3.12. The molecule has 5 nitrogen and oxygen atoms in total. The summed E-state index contributed by atoms with van der Waals surface area (Å²) in [7, 11) is 0. The zero-order valence-corrected chi connectivity index (χ0v) is 11.2. The number of H-pyrrole nitrogens is 1. The summed E-state index contributed by atoms with van der Waals surface area (Å²) < 4.78 is 6.15. The van der Waals surface area contributed by atoms with Crippen molar-refractivity contribution in [3.05, 3.63) is 40.1 Å². The van der Waals surface area contributed by atoms with Crippen LogP contribution in [0.25, 0.3) is 23.0 Å². The van der Waals surface area contributed by atoms with E-state index in [1.165, 1.54) is 0 Å². The van der Waals surface area contributed by atoms with Crippen LogP contribution in [0.15, 0.2) is 41.1 Å². The van der Waals surface area contributed by atoms with Crippen molar-refractivity contribution in [2.24, 2.45) is 0 Å². The molecule has 1 aromatic carbocycles. The third-order valence-electron chi connectivity index (χ3n) is 2.45. The van der Waals surface area contributed by atoms with Crippen LogP contribution < -0.4 is 0 Å². The smallest absolute Gasteiger partial charge is 0.262 e. The number of hydrogen-bond donors (Lipinski definition) is 2. The van der Waals surface area contributed by atoms with Gasteiger partial charge in [0.05, 0.1) is 11.3 Å². The molecule has 0 radical (unpaired) electrons. The topological polar surface area (TPSA) is 74.9 Å². The van der Waals surface area contributed by atoms with E-state index in [1.54, 1.807) is 18.3 Å². The molecule has 0 aliphatic carbocycles. The molecule has 0 aliphatic rings. The SMILES string of the molecule is Oc1ccc(I)cc1-c1nc(-c2ccc[nH]2)no1. The summed E-state index contributed by atoms with van der Waals surface area (Å²) in [6, 6.07) is 8.91. The van der Waals surface area contributed by atoms with E-state index in [9.17, 15) is 5.11 Å². The number of phenols is 1. The summed E-state index contributed by atoms with van der Waals surface area (Å²) >= 11 is 2.16. The summed E-state index contributed by atoms with van der Waals surface area (Å²) in [5, 5.41) is 13.7. The van der Waals surface area contributed by atoms with Crippen molar-refractivity contribution in [2.75, 3.05) is 0 Å². The van der Waals surface area contributed by atoms with E-state index in [-0.39, 0.29) is 5.75 Å². The highest BCUT2D eigenvalue weighted by Gasteiger charge is 2.14. The van der Waals surface area contributed by atoms with Crippen LogP contribution in [0.2, 0.25) is 0 Å². The Hall–Kier alpha value is -1.83. The Balaban J connectivity index is 2.05. The second kappa shape index (κ2) is 4.45. The highest BCUT2D eigenvalue weighted by molar-refractivity contribution is 14.1. The Kier molecular flexibility index (Phi) is 2.78. The molecule has 0 saturated heterocycles. The molecule has 2 N–H and O–H groups in total. The van der Waals surface area contributed by atoms with E-state index in [0.717, 1.165) is 9.26 Å². The molecule has 0 unspecified atom stereocenters. The van der Waals surface area contributed by atoms with Gasteiger partial charge in [-0.2, -0.15) is 4.98 Å². The number of rotatable bonds is 2. The maximum atomic E-state index is 9.79. The van der Waals surface area contributed by atoms with E-state index in [0.29, 0.717) is 17.3 Å². The Morgan fingerprint density at radius 2 is 2.17 bits per heavy atom. The highest BCUT2D eigenvalue weighted by atomic mass is 127. The fourth-order valence-corrected chi connectivity index (χ4v) is 2.08. The van der Waals surface area contributed by atoms with Crippen molar-refractivity contribution in [1.82, 2.24) is 15.1 Å². The number of phenolic OH excluding ortho intramolecular Hbond substituents is 1. The number of aromatic hydroxyl groups is 1. The number of nitrogens with zero attached hydrogens (tertiary/aromatic N) is 2.